The van der Waals surface area contributed by atoms with Crippen LogP contribution < -0.4 is 0 Å². The molecule has 1 aliphatic carbocycles. The molecular formula is C14H20O2. The zero-order valence-electron chi connectivity index (χ0n) is 9.78. The molecule has 2 saturated heterocycles. The van der Waals surface area contributed by atoms with Gasteiger partial charge in [0.15, 0.2) is 5.79 Å². The lowest BCUT2D eigenvalue weighted by atomic mass is 9.67. The van der Waals surface area contributed by atoms with E-state index in [1.807, 2.05) is 12.2 Å². The summed E-state index contributed by atoms with van der Waals surface area (Å²) in [5.74, 6) is -0.317. The van der Waals surface area contributed by atoms with Gasteiger partial charge in [-0.1, -0.05) is 18.6 Å². The summed E-state index contributed by atoms with van der Waals surface area (Å²) in [4.78, 5) is 0. The molecule has 4 atom stereocenters. The zero-order chi connectivity index (χ0) is 11.2. The number of rotatable bonds is 2. The Hall–Kier alpha value is -0.600. The molecular weight excluding hydrogens is 200 g/mol. The summed E-state index contributed by atoms with van der Waals surface area (Å²) in [7, 11) is 0. The standard InChI is InChI=1S/C14H20O2/c1-3-11-9-13-7-5-6-8-14(13,15-11)16-12(4-2)10-13/h3-4,11-12H,1-2,5-10H2/t11-,12+,13?,14?. The van der Waals surface area contributed by atoms with Gasteiger partial charge in [0, 0.05) is 11.8 Å². The van der Waals surface area contributed by atoms with Crippen LogP contribution in [0.3, 0.4) is 0 Å². The maximum absolute atomic E-state index is 6.16. The van der Waals surface area contributed by atoms with E-state index < -0.39 is 0 Å². The van der Waals surface area contributed by atoms with Crippen LogP contribution in [0.15, 0.2) is 25.3 Å². The van der Waals surface area contributed by atoms with E-state index in [0.717, 1.165) is 19.3 Å². The van der Waals surface area contributed by atoms with Gasteiger partial charge in [0.25, 0.3) is 0 Å². The molecule has 3 rings (SSSR count). The fraction of sp³-hybridized carbons (Fsp3) is 0.714. The smallest absolute Gasteiger partial charge is 0.175 e. The molecule has 0 aromatic carbocycles. The first-order chi connectivity index (χ1) is 7.74. The second-order valence-electron chi connectivity index (χ2n) is 5.43. The average molecular weight is 220 g/mol. The van der Waals surface area contributed by atoms with E-state index in [1.54, 1.807) is 0 Å². The third-order valence-corrected chi connectivity index (χ3v) is 4.61. The number of hydrogen-bond acceptors (Lipinski definition) is 2. The lowest BCUT2D eigenvalue weighted by Gasteiger charge is -2.41. The lowest BCUT2D eigenvalue weighted by Crippen LogP contribution is -2.44. The second-order valence-corrected chi connectivity index (χ2v) is 5.43. The largest absolute Gasteiger partial charge is 0.342 e. The summed E-state index contributed by atoms with van der Waals surface area (Å²) < 4.78 is 12.3. The fourth-order valence-electron chi connectivity index (χ4n) is 3.88. The third-order valence-electron chi connectivity index (χ3n) is 4.61. The minimum Gasteiger partial charge on any atom is -0.342 e. The summed E-state index contributed by atoms with van der Waals surface area (Å²) in [6, 6.07) is 0. The Kier molecular flexibility index (Phi) is 2.27. The number of hydrogen-bond donors (Lipinski definition) is 0. The van der Waals surface area contributed by atoms with Crippen LogP contribution in [-0.2, 0) is 9.47 Å². The van der Waals surface area contributed by atoms with Crippen LogP contribution in [0.2, 0.25) is 0 Å². The van der Waals surface area contributed by atoms with E-state index in [4.69, 9.17) is 9.47 Å². The monoisotopic (exact) mass is 220 g/mol. The van der Waals surface area contributed by atoms with E-state index >= 15 is 0 Å². The van der Waals surface area contributed by atoms with E-state index in [2.05, 4.69) is 13.2 Å². The summed E-state index contributed by atoms with van der Waals surface area (Å²) in [5, 5.41) is 0. The van der Waals surface area contributed by atoms with Crippen LogP contribution in [0.1, 0.15) is 38.5 Å². The Morgan fingerprint density at radius 2 is 1.50 bits per heavy atom. The minimum absolute atomic E-state index is 0.184. The van der Waals surface area contributed by atoms with Crippen LogP contribution in [-0.4, -0.2) is 18.0 Å². The van der Waals surface area contributed by atoms with Gasteiger partial charge in [-0.2, -0.15) is 0 Å². The van der Waals surface area contributed by atoms with Crippen molar-refractivity contribution in [1.82, 2.24) is 0 Å². The summed E-state index contributed by atoms with van der Waals surface area (Å²) in [6.45, 7) is 7.72. The van der Waals surface area contributed by atoms with Gasteiger partial charge in [0.1, 0.15) is 0 Å². The molecule has 2 aliphatic heterocycles. The molecule has 3 fully saturated rings. The van der Waals surface area contributed by atoms with Gasteiger partial charge in [-0.05, 0) is 25.7 Å². The molecule has 3 aliphatic rings. The normalized spacial score (nSPS) is 50.8. The molecule has 0 amide bonds. The first-order valence-corrected chi connectivity index (χ1v) is 6.34. The van der Waals surface area contributed by atoms with Crippen molar-refractivity contribution in [2.24, 2.45) is 5.41 Å². The third kappa shape index (κ3) is 1.20. The average Bonchev–Trinajstić information content (AvgIpc) is 2.77. The molecule has 1 saturated carbocycles. The summed E-state index contributed by atoms with van der Waals surface area (Å²) in [6.07, 6.45) is 11.2. The van der Waals surface area contributed by atoms with Crippen molar-refractivity contribution in [1.29, 1.82) is 0 Å². The van der Waals surface area contributed by atoms with Crippen LogP contribution in [0.4, 0.5) is 0 Å². The molecule has 2 nitrogen and oxygen atoms in total. The SMILES string of the molecule is C=C[C@@H]1CC23CCCCC2(O1)O[C@@H](C=C)C3. The fourth-order valence-corrected chi connectivity index (χ4v) is 3.88. The van der Waals surface area contributed by atoms with Gasteiger partial charge < -0.3 is 9.47 Å². The predicted octanol–water partition coefficient (Wildman–Crippen LogP) is 3.19. The van der Waals surface area contributed by atoms with Gasteiger partial charge >= 0.3 is 0 Å². The Labute approximate surface area is 97.3 Å². The van der Waals surface area contributed by atoms with Gasteiger partial charge in [-0.15, -0.1) is 13.2 Å². The quantitative estimate of drug-likeness (QED) is 0.665. The maximum atomic E-state index is 6.16. The van der Waals surface area contributed by atoms with Crippen molar-refractivity contribution in [3.8, 4) is 0 Å². The highest BCUT2D eigenvalue weighted by molar-refractivity contribution is 5.13. The van der Waals surface area contributed by atoms with Crippen molar-refractivity contribution in [3.05, 3.63) is 25.3 Å². The van der Waals surface area contributed by atoms with Crippen molar-refractivity contribution >= 4 is 0 Å². The highest BCUT2D eigenvalue weighted by Crippen LogP contribution is 2.63. The molecule has 88 valence electrons. The second kappa shape index (κ2) is 3.44. The molecule has 0 aromatic heterocycles. The van der Waals surface area contributed by atoms with Crippen molar-refractivity contribution in [2.75, 3.05) is 0 Å². The van der Waals surface area contributed by atoms with Crippen molar-refractivity contribution < 1.29 is 9.47 Å². The van der Waals surface area contributed by atoms with Gasteiger partial charge in [0.2, 0.25) is 0 Å². The highest BCUT2D eigenvalue weighted by atomic mass is 16.7. The maximum Gasteiger partial charge on any atom is 0.175 e. The van der Waals surface area contributed by atoms with Crippen LogP contribution in [0.25, 0.3) is 0 Å². The Balaban J connectivity index is 1.95. The Morgan fingerprint density at radius 1 is 0.938 bits per heavy atom. The van der Waals surface area contributed by atoms with E-state index in [-0.39, 0.29) is 23.4 Å². The Morgan fingerprint density at radius 3 is 2.00 bits per heavy atom. The molecule has 2 unspecified atom stereocenters. The first kappa shape index (κ1) is 10.5. The summed E-state index contributed by atoms with van der Waals surface area (Å²) in [5.41, 5.74) is 0.239. The van der Waals surface area contributed by atoms with Crippen molar-refractivity contribution in [3.63, 3.8) is 0 Å². The molecule has 0 N–H and O–H groups in total. The van der Waals surface area contributed by atoms with E-state index in [0.29, 0.717) is 0 Å². The molecule has 2 heterocycles. The molecule has 0 bridgehead atoms. The van der Waals surface area contributed by atoms with E-state index in [1.165, 1.54) is 19.3 Å². The van der Waals surface area contributed by atoms with Gasteiger partial charge in [-0.25, -0.2) is 0 Å². The molecule has 0 aromatic rings. The van der Waals surface area contributed by atoms with Crippen molar-refractivity contribution in [2.45, 2.75) is 56.5 Å². The zero-order valence-corrected chi connectivity index (χ0v) is 9.78. The molecule has 2 heteroatoms. The highest BCUT2D eigenvalue weighted by Gasteiger charge is 2.65. The van der Waals surface area contributed by atoms with Gasteiger partial charge in [0.05, 0.1) is 12.2 Å². The molecule has 16 heavy (non-hydrogen) atoms. The molecule has 0 radical (unpaired) electrons. The Bertz CT molecular complexity index is 277. The minimum atomic E-state index is -0.317. The lowest BCUT2D eigenvalue weighted by molar-refractivity contribution is -0.248. The van der Waals surface area contributed by atoms with Crippen LogP contribution in [0, 0.1) is 5.41 Å². The number of ether oxygens (including phenoxy) is 2. The van der Waals surface area contributed by atoms with Gasteiger partial charge in [-0.3, -0.25) is 0 Å². The van der Waals surface area contributed by atoms with Crippen LogP contribution >= 0.6 is 0 Å². The predicted molar refractivity (Wildman–Crippen MR) is 63.0 cm³/mol. The first-order valence-electron chi connectivity index (χ1n) is 6.34. The van der Waals surface area contributed by atoms with Crippen LogP contribution in [0.5, 0.6) is 0 Å². The topological polar surface area (TPSA) is 18.5 Å². The van der Waals surface area contributed by atoms with E-state index in [9.17, 15) is 0 Å². The molecule has 0 spiro atoms. The summed E-state index contributed by atoms with van der Waals surface area (Å²) >= 11 is 0.